The summed E-state index contributed by atoms with van der Waals surface area (Å²) in [6, 6.07) is 0.181. The average molecular weight is 400 g/mol. The molecule has 1 amide bonds. The van der Waals surface area contributed by atoms with E-state index in [-0.39, 0.29) is 41.3 Å². The zero-order valence-electron chi connectivity index (χ0n) is 13.4. The first-order chi connectivity index (χ1) is 8.81. The molecule has 20 heavy (non-hydrogen) atoms. The number of hydrogen-bond acceptors (Lipinski definition) is 3. The zero-order chi connectivity index (χ0) is 14.9. The van der Waals surface area contributed by atoms with Gasteiger partial charge in [-0.05, 0) is 6.92 Å². The predicted octanol–water partition coefficient (Wildman–Crippen LogP) is 0.967. The van der Waals surface area contributed by atoms with E-state index in [1.165, 1.54) is 0 Å². The van der Waals surface area contributed by atoms with E-state index < -0.39 is 0 Å². The van der Waals surface area contributed by atoms with Gasteiger partial charge in [-0.3, -0.25) is 9.79 Å². The third-order valence-corrected chi connectivity index (χ3v) is 2.41. The van der Waals surface area contributed by atoms with Gasteiger partial charge in [0, 0.05) is 38.7 Å². The van der Waals surface area contributed by atoms with E-state index in [1.807, 2.05) is 27.7 Å². The molecule has 0 aliphatic carbocycles. The van der Waals surface area contributed by atoms with E-state index in [0.717, 1.165) is 0 Å². The third kappa shape index (κ3) is 10.2. The number of rotatable bonds is 6. The minimum absolute atomic E-state index is 0. The summed E-state index contributed by atoms with van der Waals surface area (Å²) >= 11 is 0. The van der Waals surface area contributed by atoms with Gasteiger partial charge >= 0.3 is 0 Å². The Morgan fingerprint density at radius 2 is 1.80 bits per heavy atom. The molecule has 6 nitrogen and oxygen atoms in total. The van der Waals surface area contributed by atoms with Gasteiger partial charge in [0.25, 0.3) is 0 Å². The molecule has 0 fully saturated rings. The number of ether oxygens (including phenoxy) is 1. The van der Waals surface area contributed by atoms with Gasteiger partial charge in [0.05, 0.1) is 6.61 Å². The summed E-state index contributed by atoms with van der Waals surface area (Å²) in [5, 5.41) is 9.19. The molecular formula is C13H29IN4O2. The minimum atomic E-state index is -0.354. The van der Waals surface area contributed by atoms with Crippen LogP contribution in [0, 0.1) is 5.41 Å². The number of amides is 1. The van der Waals surface area contributed by atoms with Crippen LogP contribution < -0.4 is 16.0 Å². The van der Waals surface area contributed by atoms with Gasteiger partial charge in [0.1, 0.15) is 0 Å². The Hall–Kier alpha value is -0.570. The van der Waals surface area contributed by atoms with Gasteiger partial charge < -0.3 is 20.7 Å². The maximum Gasteiger partial charge on any atom is 0.225 e. The largest absolute Gasteiger partial charge is 0.383 e. The smallest absolute Gasteiger partial charge is 0.225 e. The molecule has 0 aromatic heterocycles. The standard InChI is InChI=1S/C13H28N4O2.HI/c1-10(9-19-6)17-12(14-5)16-8-7-15-11(18)13(2,3)4;/h10H,7-9H2,1-6H3,(H,15,18)(H2,14,16,17);1H. The van der Waals surface area contributed by atoms with Crippen molar-refractivity contribution >= 4 is 35.8 Å². The first kappa shape index (κ1) is 21.7. The van der Waals surface area contributed by atoms with Gasteiger partial charge in [0.2, 0.25) is 5.91 Å². The normalized spacial score (nSPS) is 13.2. The number of carbonyl (C=O) groups excluding carboxylic acids is 1. The van der Waals surface area contributed by atoms with E-state index in [2.05, 4.69) is 20.9 Å². The Bertz CT molecular complexity index is 303. The van der Waals surface area contributed by atoms with Crippen LogP contribution >= 0.6 is 24.0 Å². The van der Waals surface area contributed by atoms with Crippen LogP contribution in [-0.4, -0.2) is 51.8 Å². The van der Waals surface area contributed by atoms with Crippen molar-refractivity contribution in [2.75, 3.05) is 33.9 Å². The lowest BCUT2D eigenvalue weighted by atomic mass is 9.96. The second-order valence-corrected chi connectivity index (χ2v) is 5.51. The van der Waals surface area contributed by atoms with E-state index in [9.17, 15) is 4.79 Å². The lowest BCUT2D eigenvalue weighted by molar-refractivity contribution is -0.128. The zero-order valence-corrected chi connectivity index (χ0v) is 15.7. The lowest BCUT2D eigenvalue weighted by Gasteiger charge is -2.19. The molecule has 0 rings (SSSR count). The molecular weight excluding hydrogens is 371 g/mol. The molecule has 0 saturated carbocycles. The van der Waals surface area contributed by atoms with Crippen molar-refractivity contribution in [1.29, 1.82) is 0 Å². The second-order valence-electron chi connectivity index (χ2n) is 5.51. The molecule has 0 saturated heterocycles. The van der Waals surface area contributed by atoms with Crippen LogP contribution in [0.5, 0.6) is 0 Å². The molecule has 0 aliphatic rings. The molecule has 0 spiro atoms. The maximum atomic E-state index is 11.6. The Morgan fingerprint density at radius 3 is 2.25 bits per heavy atom. The topological polar surface area (TPSA) is 74.8 Å². The Kier molecular flexibility index (Phi) is 12.1. The molecule has 0 aromatic rings. The number of carbonyl (C=O) groups is 1. The number of methoxy groups -OCH3 is 1. The summed E-state index contributed by atoms with van der Waals surface area (Å²) in [5.74, 6) is 0.750. The summed E-state index contributed by atoms with van der Waals surface area (Å²) in [6.07, 6.45) is 0. The molecule has 0 aromatic carbocycles. The SMILES string of the molecule is CN=C(NCCNC(=O)C(C)(C)C)NC(C)COC.I. The van der Waals surface area contributed by atoms with Gasteiger partial charge in [0.15, 0.2) is 5.96 Å². The maximum absolute atomic E-state index is 11.6. The summed E-state index contributed by atoms with van der Waals surface area (Å²) < 4.78 is 5.04. The van der Waals surface area contributed by atoms with Crippen LogP contribution in [0.25, 0.3) is 0 Å². The highest BCUT2D eigenvalue weighted by Gasteiger charge is 2.20. The second kappa shape index (κ2) is 11.1. The van der Waals surface area contributed by atoms with Crippen molar-refractivity contribution in [2.24, 2.45) is 10.4 Å². The fourth-order valence-electron chi connectivity index (χ4n) is 1.34. The molecule has 3 N–H and O–H groups in total. The highest BCUT2D eigenvalue weighted by atomic mass is 127. The number of guanidine groups is 1. The summed E-state index contributed by atoms with van der Waals surface area (Å²) in [4.78, 5) is 15.7. The number of nitrogens with zero attached hydrogens (tertiary/aromatic N) is 1. The van der Waals surface area contributed by atoms with E-state index in [0.29, 0.717) is 25.7 Å². The molecule has 1 unspecified atom stereocenters. The molecule has 0 heterocycles. The Labute approximate surface area is 139 Å². The fraction of sp³-hybridized carbons (Fsp3) is 0.846. The quantitative estimate of drug-likeness (QED) is 0.269. The van der Waals surface area contributed by atoms with Crippen LogP contribution in [0.1, 0.15) is 27.7 Å². The highest BCUT2D eigenvalue weighted by molar-refractivity contribution is 14.0. The van der Waals surface area contributed by atoms with E-state index >= 15 is 0 Å². The average Bonchev–Trinajstić information content (AvgIpc) is 2.31. The van der Waals surface area contributed by atoms with Crippen LogP contribution in [0.4, 0.5) is 0 Å². The monoisotopic (exact) mass is 400 g/mol. The molecule has 0 aliphatic heterocycles. The summed E-state index contributed by atoms with van der Waals surface area (Å²) in [5.41, 5.74) is -0.354. The lowest BCUT2D eigenvalue weighted by Crippen LogP contribution is -2.46. The van der Waals surface area contributed by atoms with Gasteiger partial charge in [-0.2, -0.15) is 0 Å². The van der Waals surface area contributed by atoms with Crippen LogP contribution in [0.15, 0.2) is 4.99 Å². The van der Waals surface area contributed by atoms with Crippen molar-refractivity contribution in [1.82, 2.24) is 16.0 Å². The Morgan fingerprint density at radius 1 is 1.25 bits per heavy atom. The van der Waals surface area contributed by atoms with Crippen LogP contribution in [0.3, 0.4) is 0 Å². The molecule has 120 valence electrons. The van der Waals surface area contributed by atoms with Gasteiger partial charge in [-0.25, -0.2) is 0 Å². The number of nitrogens with one attached hydrogen (secondary N) is 3. The predicted molar refractivity (Wildman–Crippen MR) is 93.7 cm³/mol. The van der Waals surface area contributed by atoms with Crippen molar-refractivity contribution in [3.05, 3.63) is 0 Å². The third-order valence-electron chi connectivity index (χ3n) is 2.41. The van der Waals surface area contributed by atoms with Crippen molar-refractivity contribution in [3.8, 4) is 0 Å². The first-order valence-corrected chi connectivity index (χ1v) is 6.55. The number of halogens is 1. The van der Waals surface area contributed by atoms with E-state index in [4.69, 9.17) is 4.74 Å². The number of hydrogen-bond donors (Lipinski definition) is 3. The highest BCUT2D eigenvalue weighted by Crippen LogP contribution is 2.11. The molecule has 0 bridgehead atoms. The molecule has 0 radical (unpaired) electrons. The Balaban J connectivity index is 0. The van der Waals surface area contributed by atoms with Gasteiger partial charge in [-0.15, -0.1) is 24.0 Å². The molecule has 7 heteroatoms. The van der Waals surface area contributed by atoms with Crippen LogP contribution in [0.2, 0.25) is 0 Å². The van der Waals surface area contributed by atoms with Crippen molar-refractivity contribution in [2.45, 2.75) is 33.7 Å². The molecule has 1 atom stereocenters. The number of aliphatic imine (C=N–C) groups is 1. The summed E-state index contributed by atoms with van der Waals surface area (Å²) in [6.45, 7) is 9.49. The first-order valence-electron chi connectivity index (χ1n) is 6.55. The summed E-state index contributed by atoms with van der Waals surface area (Å²) in [7, 11) is 3.37. The van der Waals surface area contributed by atoms with Crippen molar-refractivity contribution < 1.29 is 9.53 Å². The van der Waals surface area contributed by atoms with Crippen LogP contribution in [-0.2, 0) is 9.53 Å². The minimum Gasteiger partial charge on any atom is -0.383 e. The van der Waals surface area contributed by atoms with Crippen molar-refractivity contribution in [3.63, 3.8) is 0 Å². The van der Waals surface area contributed by atoms with Gasteiger partial charge in [-0.1, -0.05) is 20.8 Å². The van der Waals surface area contributed by atoms with E-state index in [1.54, 1.807) is 14.2 Å². The fourth-order valence-corrected chi connectivity index (χ4v) is 1.34.